The topological polar surface area (TPSA) is 25.8 Å². The van der Waals surface area contributed by atoms with Crippen molar-refractivity contribution in [3.63, 3.8) is 0 Å². The number of aromatic nitrogens is 2. The number of hydrogen-bond acceptors (Lipinski definition) is 2. The lowest BCUT2D eigenvalue weighted by atomic mass is 9.99. The smallest absolute Gasteiger partial charge is 0.218 e. The van der Waals surface area contributed by atoms with Crippen LogP contribution in [0.1, 0.15) is 0 Å². The lowest BCUT2D eigenvalue weighted by molar-refractivity contribution is 1.18. The van der Waals surface area contributed by atoms with E-state index >= 15 is 0 Å². The molecular weight excluding hydrogens is 376 g/mol. The summed E-state index contributed by atoms with van der Waals surface area (Å²) in [7, 11) is 0. The SMILES string of the molecule is Clc1nc(-c2ccccc2)cc(-c2ccc(-c3ccc4ccccc4c3)cc2)n1. The first-order valence-electron chi connectivity index (χ1n) is 9.46. The Morgan fingerprint density at radius 3 is 1.72 bits per heavy atom. The van der Waals surface area contributed by atoms with Crippen molar-refractivity contribution in [2.75, 3.05) is 0 Å². The third-order valence-electron chi connectivity index (χ3n) is 5.03. The maximum absolute atomic E-state index is 6.21. The Hall–Kier alpha value is -3.49. The van der Waals surface area contributed by atoms with Gasteiger partial charge in [0.1, 0.15) is 0 Å². The molecule has 4 aromatic carbocycles. The molecule has 0 atom stereocenters. The summed E-state index contributed by atoms with van der Waals surface area (Å²) in [6.07, 6.45) is 0. The molecule has 5 rings (SSSR count). The molecule has 0 fully saturated rings. The molecule has 3 heteroatoms. The van der Waals surface area contributed by atoms with Crippen molar-refractivity contribution in [2.24, 2.45) is 0 Å². The molecule has 0 unspecified atom stereocenters. The molecule has 0 bridgehead atoms. The maximum atomic E-state index is 6.21. The first-order chi connectivity index (χ1) is 14.3. The minimum atomic E-state index is 0.250. The molecule has 0 radical (unpaired) electrons. The summed E-state index contributed by atoms with van der Waals surface area (Å²) >= 11 is 6.21. The van der Waals surface area contributed by atoms with Gasteiger partial charge in [-0.2, -0.15) is 0 Å². The zero-order valence-corrected chi connectivity index (χ0v) is 16.3. The quantitative estimate of drug-likeness (QED) is 0.301. The molecule has 1 aromatic heterocycles. The highest BCUT2D eigenvalue weighted by Crippen LogP contribution is 2.29. The van der Waals surface area contributed by atoms with Gasteiger partial charge in [-0.15, -0.1) is 0 Å². The van der Waals surface area contributed by atoms with E-state index in [0.29, 0.717) is 0 Å². The Balaban J connectivity index is 1.51. The third kappa shape index (κ3) is 3.63. The number of fused-ring (bicyclic) bond motifs is 1. The van der Waals surface area contributed by atoms with Gasteiger partial charge in [0.25, 0.3) is 0 Å². The average Bonchev–Trinajstić information content (AvgIpc) is 2.79. The van der Waals surface area contributed by atoms with Crippen LogP contribution >= 0.6 is 11.6 Å². The Morgan fingerprint density at radius 1 is 0.448 bits per heavy atom. The van der Waals surface area contributed by atoms with Gasteiger partial charge in [-0.3, -0.25) is 0 Å². The molecule has 29 heavy (non-hydrogen) atoms. The predicted octanol–water partition coefficient (Wildman–Crippen LogP) is 7.28. The highest BCUT2D eigenvalue weighted by Gasteiger charge is 2.08. The van der Waals surface area contributed by atoms with Crippen LogP contribution in [0.2, 0.25) is 5.28 Å². The number of hydrogen-bond donors (Lipinski definition) is 0. The Bertz CT molecular complexity index is 1300. The van der Waals surface area contributed by atoms with Crippen LogP contribution in [-0.2, 0) is 0 Å². The highest BCUT2D eigenvalue weighted by molar-refractivity contribution is 6.28. The van der Waals surface area contributed by atoms with E-state index in [0.717, 1.165) is 22.5 Å². The number of benzene rings is 4. The molecule has 0 saturated carbocycles. The molecule has 0 spiro atoms. The van der Waals surface area contributed by atoms with Gasteiger partial charge in [0, 0.05) is 11.1 Å². The van der Waals surface area contributed by atoms with E-state index in [4.69, 9.17) is 11.6 Å². The lowest BCUT2D eigenvalue weighted by Crippen LogP contribution is -1.92. The van der Waals surface area contributed by atoms with Crippen LogP contribution < -0.4 is 0 Å². The second-order valence-corrected chi connectivity index (χ2v) is 7.25. The summed E-state index contributed by atoms with van der Waals surface area (Å²) < 4.78 is 0. The third-order valence-corrected chi connectivity index (χ3v) is 5.20. The second kappa shape index (κ2) is 7.50. The van der Waals surface area contributed by atoms with Gasteiger partial charge in [0.15, 0.2) is 0 Å². The van der Waals surface area contributed by atoms with Crippen molar-refractivity contribution in [1.29, 1.82) is 0 Å². The van der Waals surface area contributed by atoms with Gasteiger partial charge in [-0.1, -0.05) is 91.0 Å². The van der Waals surface area contributed by atoms with Gasteiger partial charge in [-0.05, 0) is 45.6 Å². The molecule has 2 nitrogen and oxygen atoms in total. The van der Waals surface area contributed by atoms with Crippen LogP contribution in [0.5, 0.6) is 0 Å². The number of rotatable bonds is 3. The Kier molecular flexibility index (Phi) is 4.55. The van der Waals surface area contributed by atoms with E-state index in [1.807, 2.05) is 36.4 Å². The fourth-order valence-electron chi connectivity index (χ4n) is 3.52. The maximum Gasteiger partial charge on any atom is 0.223 e. The summed E-state index contributed by atoms with van der Waals surface area (Å²) in [6.45, 7) is 0. The van der Waals surface area contributed by atoms with Gasteiger partial charge in [0.2, 0.25) is 5.28 Å². The number of nitrogens with zero attached hydrogens (tertiary/aromatic N) is 2. The van der Waals surface area contributed by atoms with Gasteiger partial charge in [0.05, 0.1) is 11.4 Å². The van der Waals surface area contributed by atoms with E-state index in [9.17, 15) is 0 Å². The van der Waals surface area contributed by atoms with Crippen LogP contribution in [0.4, 0.5) is 0 Å². The second-order valence-electron chi connectivity index (χ2n) is 6.91. The van der Waals surface area contributed by atoms with Gasteiger partial charge < -0.3 is 0 Å². The van der Waals surface area contributed by atoms with Crippen molar-refractivity contribution in [2.45, 2.75) is 0 Å². The van der Waals surface area contributed by atoms with Gasteiger partial charge in [-0.25, -0.2) is 9.97 Å². The van der Waals surface area contributed by atoms with E-state index < -0.39 is 0 Å². The van der Waals surface area contributed by atoms with E-state index in [-0.39, 0.29) is 5.28 Å². The van der Waals surface area contributed by atoms with E-state index in [1.165, 1.54) is 21.9 Å². The first-order valence-corrected chi connectivity index (χ1v) is 9.84. The van der Waals surface area contributed by atoms with E-state index in [1.54, 1.807) is 0 Å². The molecule has 0 saturated heterocycles. The highest BCUT2D eigenvalue weighted by atomic mass is 35.5. The van der Waals surface area contributed by atoms with Crippen molar-refractivity contribution < 1.29 is 0 Å². The van der Waals surface area contributed by atoms with Crippen LogP contribution in [0.3, 0.4) is 0 Å². The van der Waals surface area contributed by atoms with Crippen LogP contribution in [-0.4, -0.2) is 9.97 Å². The van der Waals surface area contributed by atoms with Crippen LogP contribution in [0.25, 0.3) is 44.4 Å². The summed E-state index contributed by atoms with van der Waals surface area (Å²) in [4.78, 5) is 8.81. The van der Waals surface area contributed by atoms with Crippen LogP contribution in [0.15, 0.2) is 103 Å². The van der Waals surface area contributed by atoms with Crippen LogP contribution in [0, 0.1) is 0 Å². The zero-order valence-electron chi connectivity index (χ0n) is 15.6. The monoisotopic (exact) mass is 392 g/mol. The minimum Gasteiger partial charge on any atom is -0.218 e. The Labute approximate surface area is 174 Å². The molecular formula is C26H17ClN2. The first kappa shape index (κ1) is 17.6. The summed E-state index contributed by atoms with van der Waals surface area (Å²) in [5.41, 5.74) is 6.03. The predicted molar refractivity (Wildman–Crippen MR) is 121 cm³/mol. The van der Waals surface area contributed by atoms with Crippen molar-refractivity contribution in [3.05, 3.63) is 108 Å². The minimum absolute atomic E-state index is 0.250. The van der Waals surface area contributed by atoms with Crippen molar-refractivity contribution in [3.8, 4) is 33.6 Å². The summed E-state index contributed by atoms with van der Waals surface area (Å²) in [6, 6.07) is 35.3. The fraction of sp³-hybridized carbons (Fsp3) is 0. The molecule has 5 aromatic rings. The van der Waals surface area contributed by atoms with Gasteiger partial charge >= 0.3 is 0 Å². The summed E-state index contributed by atoms with van der Waals surface area (Å²) in [5.74, 6) is 0. The molecule has 1 heterocycles. The van der Waals surface area contributed by atoms with Crippen molar-refractivity contribution >= 4 is 22.4 Å². The van der Waals surface area contributed by atoms with Crippen molar-refractivity contribution in [1.82, 2.24) is 9.97 Å². The summed E-state index contributed by atoms with van der Waals surface area (Å²) in [5, 5.41) is 2.74. The number of halogens is 1. The largest absolute Gasteiger partial charge is 0.223 e. The standard InChI is InChI=1S/C26H17ClN2/c27-26-28-24(20-7-2-1-3-8-20)17-25(29-26)21-13-10-19(11-14-21)23-15-12-18-6-4-5-9-22(18)16-23/h1-17H. The normalized spacial score (nSPS) is 10.9. The Morgan fingerprint density at radius 2 is 1.00 bits per heavy atom. The van der Waals surface area contributed by atoms with E-state index in [2.05, 4.69) is 76.7 Å². The zero-order chi connectivity index (χ0) is 19.6. The average molecular weight is 393 g/mol. The molecule has 0 aliphatic rings. The molecule has 0 aliphatic heterocycles. The lowest BCUT2D eigenvalue weighted by Gasteiger charge is -2.08. The fourth-order valence-corrected chi connectivity index (χ4v) is 3.71. The molecule has 138 valence electrons. The molecule has 0 N–H and O–H groups in total. The molecule has 0 amide bonds. The molecule has 0 aliphatic carbocycles.